The molecule has 0 heterocycles. The van der Waals surface area contributed by atoms with Crippen LogP contribution in [0.4, 0.5) is 0 Å². The predicted molar refractivity (Wildman–Crippen MR) is 140 cm³/mol. The molecule has 0 spiro atoms. The van der Waals surface area contributed by atoms with Crippen LogP contribution < -0.4 is 16.0 Å². The van der Waals surface area contributed by atoms with Crippen LogP contribution in [-0.4, -0.2) is 103 Å². The van der Waals surface area contributed by atoms with Gasteiger partial charge in [-0.1, -0.05) is 6.92 Å². The van der Waals surface area contributed by atoms with E-state index >= 15 is 0 Å². The molecule has 0 aliphatic rings. The zero-order chi connectivity index (χ0) is 28.8. The summed E-state index contributed by atoms with van der Waals surface area (Å²) < 4.78 is 10.5. The van der Waals surface area contributed by atoms with E-state index in [1.165, 1.54) is 11.8 Å². The number of nitrogens with one attached hydrogen (secondary N) is 3. The highest BCUT2D eigenvalue weighted by atomic mass is 32.2. The normalized spacial score (nSPS) is 12.3. The summed E-state index contributed by atoms with van der Waals surface area (Å²) in [4.78, 5) is 69.1. The average molecular weight is 564 g/mol. The molecule has 2 unspecified atom stereocenters. The van der Waals surface area contributed by atoms with Crippen molar-refractivity contribution in [3.63, 3.8) is 0 Å². The number of carbonyl (C=O) groups is 6. The van der Waals surface area contributed by atoms with Crippen LogP contribution in [0.5, 0.6) is 0 Å². The van der Waals surface area contributed by atoms with Crippen LogP contribution in [0, 0.1) is 0 Å². The van der Waals surface area contributed by atoms with Gasteiger partial charge < -0.3 is 35.6 Å². The fraction of sp³-hybridized carbons (Fsp3) is 0.750. The highest BCUT2D eigenvalue weighted by molar-refractivity contribution is 7.99. The smallest absolute Gasteiger partial charge is 0.326 e. The van der Waals surface area contributed by atoms with Crippen molar-refractivity contribution in [1.29, 1.82) is 0 Å². The number of amides is 3. The number of carboxylic acids is 2. The molecular weight excluding hydrogens is 522 g/mol. The third-order valence-electron chi connectivity index (χ3n) is 5.17. The van der Waals surface area contributed by atoms with Gasteiger partial charge in [0.15, 0.2) is 0 Å². The fourth-order valence-electron chi connectivity index (χ4n) is 3.12. The Morgan fingerprint density at radius 3 is 2.03 bits per heavy atom. The van der Waals surface area contributed by atoms with E-state index in [1.54, 1.807) is 6.92 Å². The Hall–Kier alpha value is -2.71. The molecular formula is C24H41N3O10S. The molecule has 3 amide bonds. The van der Waals surface area contributed by atoms with E-state index in [4.69, 9.17) is 14.6 Å². The van der Waals surface area contributed by atoms with Crippen LogP contribution in [0.3, 0.4) is 0 Å². The number of rotatable bonds is 24. The van der Waals surface area contributed by atoms with E-state index < -0.39 is 29.9 Å². The minimum atomic E-state index is -1.18. The van der Waals surface area contributed by atoms with Crippen LogP contribution in [0.2, 0.25) is 0 Å². The summed E-state index contributed by atoms with van der Waals surface area (Å²) in [6.45, 7) is 2.28. The minimum Gasteiger partial charge on any atom is -0.480 e. The second kappa shape index (κ2) is 22.3. The number of Topliss-reactive ketones (excluding diaryl/α,β-unsaturated/α-hetero) is 1. The van der Waals surface area contributed by atoms with Crippen molar-refractivity contribution < 1.29 is 48.5 Å². The van der Waals surface area contributed by atoms with Gasteiger partial charge in [0.25, 0.3) is 0 Å². The van der Waals surface area contributed by atoms with E-state index in [9.17, 15) is 33.9 Å². The molecule has 0 rings (SSSR count). The molecule has 0 aliphatic heterocycles. The molecule has 0 saturated heterocycles. The predicted octanol–water partition coefficient (Wildman–Crippen LogP) is 0.347. The molecule has 0 fully saturated rings. The van der Waals surface area contributed by atoms with Gasteiger partial charge in [-0.05, 0) is 38.4 Å². The summed E-state index contributed by atoms with van der Waals surface area (Å²) >= 11 is 1.41. The van der Waals surface area contributed by atoms with Gasteiger partial charge in [-0.15, -0.1) is 0 Å². The Labute approximate surface area is 227 Å². The Morgan fingerprint density at radius 1 is 0.763 bits per heavy atom. The summed E-state index contributed by atoms with van der Waals surface area (Å²) in [7, 11) is 0. The number of carbonyl (C=O) groups excluding carboxylic acids is 4. The van der Waals surface area contributed by atoms with Crippen LogP contribution in [0.1, 0.15) is 58.3 Å². The number of thioether (sulfide) groups is 1. The number of aliphatic carboxylic acids is 2. The first-order chi connectivity index (χ1) is 18.1. The Bertz CT molecular complexity index is 766. The third-order valence-corrected chi connectivity index (χ3v) is 5.72. The molecule has 0 radical (unpaired) electrons. The van der Waals surface area contributed by atoms with Crippen LogP contribution in [0.15, 0.2) is 0 Å². The zero-order valence-electron chi connectivity index (χ0n) is 22.1. The Morgan fingerprint density at radius 2 is 1.39 bits per heavy atom. The van der Waals surface area contributed by atoms with Crippen molar-refractivity contribution in [1.82, 2.24) is 16.0 Å². The Balaban J connectivity index is 3.90. The topological polar surface area (TPSA) is 197 Å². The van der Waals surface area contributed by atoms with Crippen molar-refractivity contribution in [3.05, 3.63) is 0 Å². The maximum absolute atomic E-state index is 11.9. The molecule has 0 bridgehead atoms. The van der Waals surface area contributed by atoms with E-state index in [-0.39, 0.29) is 76.1 Å². The molecule has 2 atom stereocenters. The van der Waals surface area contributed by atoms with Crippen molar-refractivity contribution in [2.75, 3.05) is 45.0 Å². The standard InChI is InChI=1S/C24H41N3O10S/c1-3-20(29)26-19(24(34)35)10-9-17(28)7-6-12-36-13-14-37-15-21(30)27-18(23(32)33)8-4-5-11-25-22(31)16-38-2/h18-19H,3-16H2,1-2H3,(H,25,31)(H,26,29)(H,27,30)(H,32,33)(H,34,35). The fourth-order valence-corrected chi connectivity index (χ4v) is 3.48. The molecule has 38 heavy (non-hydrogen) atoms. The van der Waals surface area contributed by atoms with Crippen LogP contribution in [0.25, 0.3) is 0 Å². The highest BCUT2D eigenvalue weighted by Crippen LogP contribution is 2.05. The number of unbranched alkanes of at least 4 members (excludes halogenated alkanes) is 1. The van der Waals surface area contributed by atoms with E-state index in [2.05, 4.69) is 16.0 Å². The molecule has 0 aromatic rings. The molecule has 0 aromatic heterocycles. The van der Waals surface area contributed by atoms with Gasteiger partial charge in [0.2, 0.25) is 17.7 Å². The number of hydrogen-bond acceptors (Lipinski definition) is 9. The lowest BCUT2D eigenvalue weighted by Crippen LogP contribution is -2.42. The molecule has 0 aromatic carbocycles. The molecule has 0 saturated carbocycles. The SMILES string of the molecule is CCC(=O)NC(CCC(=O)CCCOCCOCC(=O)NC(CCCCNC(=O)CSC)C(=O)O)C(=O)O. The van der Waals surface area contributed by atoms with Gasteiger partial charge in [0, 0.05) is 32.4 Å². The van der Waals surface area contributed by atoms with Crippen molar-refractivity contribution in [3.8, 4) is 0 Å². The van der Waals surface area contributed by atoms with Crippen LogP contribution >= 0.6 is 11.8 Å². The lowest BCUT2D eigenvalue weighted by molar-refractivity contribution is -0.143. The monoisotopic (exact) mass is 563 g/mol. The van der Waals surface area contributed by atoms with Gasteiger partial charge in [0.1, 0.15) is 24.5 Å². The van der Waals surface area contributed by atoms with Crippen molar-refractivity contribution in [2.45, 2.75) is 70.4 Å². The molecule has 13 nitrogen and oxygen atoms in total. The second-order valence-corrected chi connectivity index (χ2v) is 9.26. The van der Waals surface area contributed by atoms with Gasteiger partial charge in [-0.25, -0.2) is 9.59 Å². The summed E-state index contributed by atoms with van der Waals surface area (Å²) in [5.41, 5.74) is 0. The van der Waals surface area contributed by atoms with Crippen molar-refractivity contribution in [2.24, 2.45) is 0 Å². The van der Waals surface area contributed by atoms with Gasteiger partial charge >= 0.3 is 11.9 Å². The number of hydrogen-bond donors (Lipinski definition) is 5. The van der Waals surface area contributed by atoms with Crippen LogP contribution in [-0.2, 0) is 38.2 Å². The first kappa shape index (κ1) is 35.3. The van der Waals surface area contributed by atoms with Gasteiger partial charge in [-0.2, -0.15) is 11.8 Å². The van der Waals surface area contributed by atoms with E-state index in [0.717, 1.165) is 0 Å². The number of ether oxygens (including phenoxy) is 2. The zero-order valence-corrected chi connectivity index (χ0v) is 22.9. The summed E-state index contributed by atoms with van der Waals surface area (Å²) in [6, 6.07) is -2.14. The number of carboxylic acid groups (broad SMARTS) is 2. The third kappa shape index (κ3) is 19.4. The Kier molecular flexibility index (Phi) is 20.7. The number of ketones is 1. The minimum absolute atomic E-state index is 0.0238. The quantitative estimate of drug-likeness (QED) is 0.102. The second-order valence-electron chi connectivity index (χ2n) is 8.39. The molecule has 0 aliphatic carbocycles. The summed E-state index contributed by atoms with van der Waals surface area (Å²) in [6.07, 6.45) is 4.02. The first-order valence-corrected chi connectivity index (χ1v) is 14.0. The highest BCUT2D eigenvalue weighted by Gasteiger charge is 2.21. The molecule has 5 N–H and O–H groups in total. The molecule has 14 heteroatoms. The summed E-state index contributed by atoms with van der Waals surface area (Å²) in [5.74, 6) is -3.11. The van der Waals surface area contributed by atoms with Gasteiger partial charge in [0.05, 0.1) is 19.0 Å². The lowest BCUT2D eigenvalue weighted by Gasteiger charge is -2.15. The molecule has 218 valence electrons. The largest absolute Gasteiger partial charge is 0.480 e. The van der Waals surface area contributed by atoms with Crippen molar-refractivity contribution >= 4 is 47.2 Å². The van der Waals surface area contributed by atoms with E-state index in [1.807, 2.05) is 6.26 Å². The first-order valence-electron chi connectivity index (χ1n) is 12.6. The maximum atomic E-state index is 11.9. The van der Waals surface area contributed by atoms with Gasteiger partial charge in [-0.3, -0.25) is 19.2 Å². The average Bonchev–Trinajstić information content (AvgIpc) is 2.86. The maximum Gasteiger partial charge on any atom is 0.326 e. The van der Waals surface area contributed by atoms with E-state index in [0.29, 0.717) is 31.6 Å². The lowest BCUT2D eigenvalue weighted by atomic mass is 10.1. The summed E-state index contributed by atoms with van der Waals surface area (Å²) in [5, 5.41) is 25.9.